The Labute approximate surface area is 206 Å². The summed E-state index contributed by atoms with van der Waals surface area (Å²) in [6.07, 6.45) is 1.48. The molecule has 0 aromatic heterocycles. The molecule has 166 valence electrons. The molecule has 0 aliphatic carbocycles. The monoisotopic (exact) mass is 577 g/mol. The van der Waals surface area contributed by atoms with Crippen molar-refractivity contribution in [1.29, 1.82) is 0 Å². The van der Waals surface area contributed by atoms with Gasteiger partial charge in [0.2, 0.25) is 5.90 Å². The zero-order chi connectivity index (χ0) is 23.5. The number of carbonyl (C=O) groups excluding carboxylic acids is 2. The van der Waals surface area contributed by atoms with Crippen LogP contribution in [-0.2, 0) is 9.53 Å². The lowest BCUT2D eigenvalue weighted by Crippen LogP contribution is -2.10. The first-order valence-corrected chi connectivity index (χ1v) is 10.9. The fourth-order valence-corrected chi connectivity index (χ4v) is 3.84. The summed E-state index contributed by atoms with van der Waals surface area (Å²) in [6, 6.07) is 15.4. The molecule has 0 unspecified atom stereocenters. The predicted molar refractivity (Wildman–Crippen MR) is 129 cm³/mol. The second kappa shape index (κ2) is 9.72. The van der Waals surface area contributed by atoms with Gasteiger partial charge < -0.3 is 14.2 Å². The van der Waals surface area contributed by atoms with Gasteiger partial charge in [0.05, 0.1) is 21.8 Å². The van der Waals surface area contributed by atoms with E-state index in [9.17, 15) is 14.0 Å². The molecule has 0 spiro atoms. The first-order valence-electron chi connectivity index (χ1n) is 9.48. The highest BCUT2D eigenvalue weighted by molar-refractivity contribution is 14.1. The molecule has 0 saturated heterocycles. The summed E-state index contributed by atoms with van der Waals surface area (Å²) in [5.41, 5.74) is 0.961. The summed E-state index contributed by atoms with van der Waals surface area (Å²) in [4.78, 5) is 28.9. The van der Waals surface area contributed by atoms with E-state index in [1.165, 1.54) is 31.4 Å². The lowest BCUT2D eigenvalue weighted by molar-refractivity contribution is -0.129. The molecule has 0 bridgehead atoms. The number of esters is 2. The molecule has 1 heterocycles. The molecule has 0 N–H and O–H groups in total. The average Bonchev–Trinajstić information content (AvgIpc) is 3.15. The number of cyclic esters (lactones) is 1. The normalized spacial score (nSPS) is 14.1. The predicted octanol–water partition coefficient (Wildman–Crippen LogP) is 5.66. The van der Waals surface area contributed by atoms with E-state index >= 15 is 0 Å². The third-order valence-electron chi connectivity index (χ3n) is 4.55. The van der Waals surface area contributed by atoms with Gasteiger partial charge in [0, 0.05) is 5.02 Å². The number of benzene rings is 3. The molecule has 0 saturated carbocycles. The zero-order valence-corrected chi connectivity index (χ0v) is 19.9. The molecule has 1 aliphatic heterocycles. The number of carbonyl (C=O) groups is 2. The molecular weight excluding hydrogens is 564 g/mol. The maximum Gasteiger partial charge on any atom is 0.363 e. The average molecular weight is 578 g/mol. The minimum Gasteiger partial charge on any atom is -0.493 e. The van der Waals surface area contributed by atoms with E-state index in [-0.39, 0.29) is 28.7 Å². The van der Waals surface area contributed by atoms with Gasteiger partial charge in [0.1, 0.15) is 5.82 Å². The van der Waals surface area contributed by atoms with Gasteiger partial charge in [-0.15, -0.1) is 0 Å². The van der Waals surface area contributed by atoms with Crippen molar-refractivity contribution < 1.29 is 28.2 Å². The van der Waals surface area contributed by atoms with Crippen molar-refractivity contribution in [2.24, 2.45) is 4.99 Å². The second-order valence-electron chi connectivity index (χ2n) is 6.75. The summed E-state index contributed by atoms with van der Waals surface area (Å²) in [7, 11) is 1.43. The first kappa shape index (κ1) is 22.9. The van der Waals surface area contributed by atoms with Gasteiger partial charge in [-0.1, -0.05) is 23.7 Å². The van der Waals surface area contributed by atoms with Gasteiger partial charge in [-0.3, -0.25) is 0 Å². The Morgan fingerprint density at radius 2 is 1.88 bits per heavy atom. The van der Waals surface area contributed by atoms with Crippen LogP contribution in [0.15, 0.2) is 71.4 Å². The molecule has 3 aromatic carbocycles. The smallest absolute Gasteiger partial charge is 0.363 e. The van der Waals surface area contributed by atoms with Crippen molar-refractivity contribution >= 4 is 58.1 Å². The SMILES string of the molecule is COc1cc(/C=C2\N=C(c3ccccc3F)OC2=O)cc(I)c1OC(=O)c1ccc(Cl)cc1. The molecule has 6 nitrogen and oxygen atoms in total. The molecule has 0 atom stereocenters. The molecule has 1 aliphatic rings. The second-order valence-corrected chi connectivity index (χ2v) is 8.35. The van der Waals surface area contributed by atoms with Gasteiger partial charge in [0.25, 0.3) is 0 Å². The molecular formula is C24H14ClFINO5. The molecule has 33 heavy (non-hydrogen) atoms. The summed E-state index contributed by atoms with van der Waals surface area (Å²) < 4.78 is 30.6. The van der Waals surface area contributed by atoms with E-state index in [1.54, 1.807) is 42.5 Å². The Hall–Kier alpha value is -3.24. The van der Waals surface area contributed by atoms with Crippen LogP contribution in [0.25, 0.3) is 6.08 Å². The van der Waals surface area contributed by atoms with Crippen LogP contribution in [0.3, 0.4) is 0 Å². The standard InChI is InChI=1S/C24H14ClFINO5/c1-31-20-12-13(10-18(27)21(20)32-23(29)14-6-8-15(25)9-7-14)11-19-24(30)33-22(28-19)16-4-2-3-5-17(16)26/h2-12H,1H3/b19-11-. The highest BCUT2D eigenvalue weighted by atomic mass is 127. The number of hydrogen-bond acceptors (Lipinski definition) is 6. The molecule has 0 amide bonds. The third kappa shape index (κ3) is 5.07. The summed E-state index contributed by atoms with van der Waals surface area (Å²) in [6.45, 7) is 0. The van der Waals surface area contributed by atoms with Crippen molar-refractivity contribution in [2.45, 2.75) is 0 Å². The molecule has 3 aromatic rings. The number of ether oxygens (including phenoxy) is 3. The molecule has 9 heteroatoms. The Bertz CT molecular complexity index is 1320. The molecule has 4 rings (SSSR count). The van der Waals surface area contributed by atoms with Crippen molar-refractivity contribution in [3.05, 3.63) is 97.5 Å². The Morgan fingerprint density at radius 3 is 2.58 bits per heavy atom. The van der Waals surface area contributed by atoms with Gasteiger partial charge >= 0.3 is 11.9 Å². The Morgan fingerprint density at radius 1 is 1.15 bits per heavy atom. The highest BCUT2D eigenvalue weighted by Gasteiger charge is 2.26. The van der Waals surface area contributed by atoms with Crippen molar-refractivity contribution in [3.8, 4) is 11.5 Å². The summed E-state index contributed by atoms with van der Waals surface area (Å²) in [5.74, 6) is -1.44. The first-order chi connectivity index (χ1) is 15.9. The van der Waals surface area contributed by atoms with E-state index in [4.69, 9.17) is 25.8 Å². The van der Waals surface area contributed by atoms with Crippen LogP contribution < -0.4 is 9.47 Å². The fraction of sp³-hybridized carbons (Fsp3) is 0.0417. The summed E-state index contributed by atoms with van der Waals surface area (Å²) >= 11 is 7.85. The number of halogens is 3. The topological polar surface area (TPSA) is 74.2 Å². The van der Waals surface area contributed by atoms with E-state index in [0.717, 1.165) is 0 Å². The van der Waals surface area contributed by atoms with Crippen molar-refractivity contribution in [1.82, 2.24) is 0 Å². The van der Waals surface area contributed by atoms with Crippen LogP contribution in [0.4, 0.5) is 4.39 Å². The highest BCUT2D eigenvalue weighted by Crippen LogP contribution is 2.35. The fourth-order valence-electron chi connectivity index (χ4n) is 2.98. The van der Waals surface area contributed by atoms with Crippen molar-refractivity contribution in [3.63, 3.8) is 0 Å². The Balaban J connectivity index is 1.63. The van der Waals surface area contributed by atoms with Crippen LogP contribution in [0, 0.1) is 9.39 Å². The third-order valence-corrected chi connectivity index (χ3v) is 5.61. The van der Waals surface area contributed by atoms with Crippen LogP contribution >= 0.6 is 34.2 Å². The van der Waals surface area contributed by atoms with Crippen LogP contribution in [0.1, 0.15) is 21.5 Å². The lowest BCUT2D eigenvalue weighted by Gasteiger charge is -2.12. The van der Waals surface area contributed by atoms with Gasteiger partial charge in [0.15, 0.2) is 17.2 Å². The number of hydrogen-bond donors (Lipinski definition) is 0. The van der Waals surface area contributed by atoms with E-state index in [2.05, 4.69) is 4.99 Å². The molecule has 0 fully saturated rings. The minimum atomic E-state index is -0.708. The van der Waals surface area contributed by atoms with Crippen molar-refractivity contribution in [2.75, 3.05) is 7.11 Å². The summed E-state index contributed by atoms with van der Waals surface area (Å²) in [5, 5.41) is 0.502. The Kier molecular flexibility index (Phi) is 6.75. The van der Waals surface area contributed by atoms with Gasteiger partial charge in [-0.25, -0.2) is 19.0 Å². The van der Waals surface area contributed by atoms with Crippen LogP contribution in [-0.4, -0.2) is 24.9 Å². The maximum atomic E-state index is 14.0. The van der Waals surface area contributed by atoms with Gasteiger partial charge in [-0.2, -0.15) is 0 Å². The van der Waals surface area contributed by atoms with E-state index in [0.29, 0.717) is 19.7 Å². The minimum absolute atomic E-state index is 0.00276. The molecule has 0 radical (unpaired) electrons. The quantitative estimate of drug-likeness (QED) is 0.169. The largest absolute Gasteiger partial charge is 0.493 e. The number of nitrogens with zero attached hydrogens (tertiary/aromatic N) is 1. The number of rotatable bonds is 5. The van der Waals surface area contributed by atoms with E-state index in [1.807, 2.05) is 22.6 Å². The van der Waals surface area contributed by atoms with E-state index < -0.39 is 17.8 Å². The number of methoxy groups -OCH3 is 1. The zero-order valence-electron chi connectivity index (χ0n) is 17.0. The number of aliphatic imine (C=N–C) groups is 1. The maximum absolute atomic E-state index is 14.0. The van der Waals surface area contributed by atoms with Crippen LogP contribution in [0.2, 0.25) is 5.02 Å². The van der Waals surface area contributed by atoms with Crippen LogP contribution in [0.5, 0.6) is 11.5 Å². The lowest BCUT2D eigenvalue weighted by atomic mass is 10.1. The van der Waals surface area contributed by atoms with Gasteiger partial charge in [-0.05, 0) is 82.8 Å².